The summed E-state index contributed by atoms with van der Waals surface area (Å²) in [6, 6.07) is 3.76. The van der Waals surface area contributed by atoms with Gasteiger partial charge in [0.15, 0.2) is 5.82 Å². The van der Waals surface area contributed by atoms with Gasteiger partial charge in [0.2, 0.25) is 0 Å². The molecule has 1 atom stereocenters. The van der Waals surface area contributed by atoms with E-state index in [0.29, 0.717) is 24.9 Å². The van der Waals surface area contributed by atoms with E-state index in [1.54, 1.807) is 19.5 Å². The summed E-state index contributed by atoms with van der Waals surface area (Å²) in [7, 11) is 1.68. The van der Waals surface area contributed by atoms with E-state index in [0.717, 1.165) is 31.4 Å². The molecule has 8 heteroatoms. The topological polar surface area (TPSA) is 93.4 Å². The van der Waals surface area contributed by atoms with Gasteiger partial charge in [-0.05, 0) is 45.2 Å². The van der Waals surface area contributed by atoms with Crippen LogP contribution in [0, 0.1) is 0 Å². The number of amides is 2. The Morgan fingerprint density at radius 2 is 2.33 bits per heavy atom. The van der Waals surface area contributed by atoms with Crippen molar-refractivity contribution >= 4 is 6.03 Å². The zero-order valence-corrected chi connectivity index (χ0v) is 16.1. The molecule has 1 aliphatic heterocycles. The van der Waals surface area contributed by atoms with E-state index in [2.05, 4.69) is 20.4 Å². The zero-order chi connectivity index (χ0) is 19.3. The Morgan fingerprint density at radius 1 is 1.48 bits per heavy atom. The second-order valence-electron chi connectivity index (χ2n) is 7.32. The lowest BCUT2D eigenvalue weighted by Crippen LogP contribution is -2.53. The number of aromatic nitrogens is 3. The van der Waals surface area contributed by atoms with E-state index in [-0.39, 0.29) is 17.5 Å². The van der Waals surface area contributed by atoms with Gasteiger partial charge in [-0.3, -0.25) is 4.98 Å². The first-order valence-corrected chi connectivity index (χ1v) is 9.33. The third-order valence-corrected chi connectivity index (χ3v) is 4.87. The maximum absolute atomic E-state index is 12.5. The molecule has 0 aliphatic carbocycles. The minimum absolute atomic E-state index is 0.0533. The molecule has 1 fully saturated rings. The molecule has 1 N–H and O–H groups in total. The van der Waals surface area contributed by atoms with Gasteiger partial charge in [0.25, 0.3) is 5.89 Å². The number of urea groups is 1. The van der Waals surface area contributed by atoms with E-state index in [9.17, 15) is 4.79 Å². The Morgan fingerprint density at radius 3 is 3.04 bits per heavy atom. The number of piperidine rings is 1. The van der Waals surface area contributed by atoms with Gasteiger partial charge in [-0.2, -0.15) is 4.98 Å². The first kappa shape index (κ1) is 19.3. The third-order valence-electron chi connectivity index (χ3n) is 4.87. The molecule has 8 nitrogen and oxygen atoms in total. The fourth-order valence-corrected chi connectivity index (χ4v) is 3.48. The number of ether oxygens (including phenoxy) is 1. The van der Waals surface area contributed by atoms with Crippen molar-refractivity contribution in [1.29, 1.82) is 0 Å². The number of hydrogen-bond acceptors (Lipinski definition) is 6. The second kappa shape index (κ2) is 8.47. The Hall–Kier alpha value is -2.48. The molecule has 1 saturated heterocycles. The lowest BCUT2D eigenvalue weighted by Gasteiger charge is -2.41. The van der Waals surface area contributed by atoms with Crippen molar-refractivity contribution < 1.29 is 14.1 Å². The van der Waals surface area contributed by atoms with Crippen LogP contribution in [0.25, 0.3) is 11.5 Å². The van der Waals surface area contributed by atoms with Crippen LogP contribution in [0.3, 0.4) is 0 Å². The summed E-state index contributed by atoms with van der Waals surface area (Å²) < 4.78 is 10.8. The normalized spacial score (nSPS) is 20.1. The molecule has 0 aromatic carbocycles. The first-order valence-electron chi connectivity index (χ1n) is 9.33. The van der Waals surface area contributed by atoms with Crippen LogP contribution >= 0.6 is 0 Å². The summed E-state index contributed by atoms with van der Waals surface area (Å²) in [5, 5.41) is 7.24. The van der Waals surface area contributed by atoms with Crippen LogP contribution in [0.2, 0.25) is 0 Å². The number of rotatable bonds is 6. The van der Waals surface area contributed by atoms with E-state index >= 15 is 0 Å². The minimum atomic E-state index is -0.382. The predicted molar refractivity (Wildman–Crippen MR) is 100 cm³/mol. The van der Waals surface area contributed by atoms with Crippen molar-refractivity contribution in [3.05, 3.63) is 30.4 Å². The molecule has 0 saturated carbocycles. The highest BCUT2D eigenvalue weighted by Crippen LogP contribution is 2.36. The van der Waals surface area contributed by atoms with Gasteiger partial charge >= 0.3 is 6.03 Å². The van der Waals surface area contributed by atoms with Gasteiger partial charge in [-0.25, -0.2) is 4.79 Å². The van der Waals surface area contributed by atoms with Crippen molar-refractivity contribution in [3.63, 3.8) is 0 Å². The summed E-state index contributed by atoms with van der Waals surface area (Å²) >= 11 is 0. The van der Waals surface area contributed by atoms with Crippen molar-refractivity contribution in [2.45, 2.75) is 44.6 Å². The molecule has 3 rings (SSSR count). The summed E-state index contributed by atoms with van der Waals surface area (Å²) in [4.78, 5) is 23.1. The SMILES string of the molecule is COCCC1(c2noc(-c3cccnc3)n2)CCCN(C(=O)NC(C)C)C1. The molecule has 0 bridgehead atoms. The molecule has 2 amide bonds. The van der Waals surface area contributed by atoms with Crippen molar-refractivity contribution in [1.82, 2.24) is 25.3 Å². The van der Waals surface area contributed by atoms with Crippen LogP contribution < -0.4 is 5.32 Å². The van der Waals surface area contributed by atoms with Crippen LogP contribution in [0.15, 0.2) is 29.0 Å². The molecule has 2 aromatic rings. The number of pyridine rings is 1. The number of methoxy groups -OCH3 is 1. The maximum atomic E-state index is 12.5. The fourth-order valence-electron chi connectivity index (χ4n) is 3.48. The molecular formula is C19H27N5O3. The van der Waals surface area contributed by atoms with Crippen LogP contribution in [0.1, 0.15) is 38.9 Å². The Bertz CT molecular complexity index is 749. The lowest BCUT2D eigenvalue weighted by atomic mass is 9.76. The van der Waals surface area contributed by atoms with Crippen LogP contribution in [0.4, 0.5) is 4.79 Å². The molecule has 146 valence electrons. The van der Waals surface area contributed by atoms with Crippen molar-refractivity contribution in [2.24, 2.45) is 0 Å². The average molecular weight is 373 g/mol. The third kappa shape index (κ3) is 4.44. The lowest BCUT2D eigenvalue weighted by molar-refractivity contribution is 0.106. The van der Waals surface area contributed by atoms with Gasteiger partial charge in [-0.1, -0.05) is 5.16 Å². The summed E-state index contributed by atoms with van der Waals surface area (Å²) in [6.07, 6.45) is 5.89. The average Bonchev–Trinajstić information content (AvgIpc) is 3.18. The Kier molecular flexibility index (Phi) is 6.05. The molecule has 3 heterocycles. The number of carbonyl (C=O) groups excluding carboxylic acids is 1. The molecular weight excluding hydrogens is 346 g/mol. The fraction of sp³-hybridized carbons (Fsp3) is 0.579. The molecule has 27 heavy (non-hydrogen) atoms. The zero-order valence-electron chi connectivity index (χ0n) is 16.1. The van der Waals surface area contributed by atoms with E-state index in [1.165, 1.54) is 0 Å². The van der Waals surface area contributed by atoms with Crippen molar-refractivity contribution in [3.8, 4) is 11.5 Å². The number of likely N-dealkylation sites (tertiary alicyclic amines) is 1. The van der Waals surface area contributed by atoms with Crippen LogP contribution in [0.5, 0.6) is 0 Å². The molecule has 0 spiro atoms. The number of hydrogen-bond donors (Lipinski definition) is 1. The first-order chi connectivity index (χ1) is 13.0. The summed E-state index contributed by atoms with van der Waals surface area (Å²) in [5.41, 5.74) is 0.398. The van der Waals surface area contributed by atoms with Gasteiger partial charge in [-0.15, -0.1) is 0 Å². The minimum Gasteiger partial charge on any atom is -0.385 e. The van der Waals surface area contributed by atoms with Crippen molar-refractivity contribution in [2.75, 3.05) is 26.8 Å². The second-order valence-corrected chi connectivity index (χ2v) is 7.32. The highest BCUT2D eigenvalue weighted by atomic mass is 16.5. The summed E-state index contributed by atoms with van der Waals surface area (Å²) in [5.74, 6) is 1.07. The molecule has 0 radical (unpaired) electrons. The Balaban J connectivity index is 1.86. The number of nitrogens with one attached hydrogen (secondary N) is 1. The van der Waals surface area contributed by atoms with E-state index < -0.39 is 0 Å². The number of nitrogens with zero attached hydrogens (tertiary/aromatic N) is 4. The quantitative estimate of drug-likeness (QED) is 0.837. The Labute approximate surface area is 159 Å². The monoisotopic (exact) mass is 373 g/mol. The maximum Gasteiger partial charge on any atom is 0.317 e. The molecule has 1 unspecified atom stereocenters. The smallest absolute Gasteiger partial charge is 0.317 e. The number of carbonyl (C=O) groups is 1. The largest absolute Gasteiger partial charge is 0.385 e. The van der Waals surface area contributed by atoms with E-state index in [4.69, 9.17) is 9.26 Å². The van der Waals surface area contributed by atoms with Crippen LogP contribution in [-0.2, 0) is 10.2 Å². The van der Waals surface area contributed by atoms with Gasteiger partial charge in [0, 0.05) is 45.2 Å². The standard InChI is InChI=1S/C19H27N5O3/c1-14(2)21-18(25)24-10-5-7-19(13-24,8-11-26-3)17-22-16(27-23-17)15-6-4-9-20-12-15/h4,6,9,12,14H,5,7-8,10-11,13H2,1-3H3,(H,21,25). The van der Waals surface area contributed by atoms with Gasteiger partial charge < -0.3 is 19.5 Å². The molecule has 2 aromatic heterocycles. The predicted octanol–water partition coefficient (Wildman–Crippen LogP) is 2.62. The summed E-state index contributed by atoms with van der Waals surface area (Å²) in [6.45, 7) is 5.75. The van der Waals surface area contributed by atoms with Crippen LogP contribution in [-0.4, -0.2) is 58.9 Å². The van der Waals surface area contributed by atoms with Gasteiger partial charge in [0.05, 0.1) is 11.0 Å². The highest BCUT2D eigenvalue weighted by Gasteiger charge is 2.42. The molecule has 1 aliphatic rings. The van der Waals surface area contributed by atoms with E-state index in [1.807, 2.05) is 30.9 Å². The van der Waals surface area contributed by atoms with Gasteiger partial charge in [0.1, 0.15) is 0 Å². The highest BCUT2D eigenvalue weighted by molar-refractivity contribution is 5.74.